The summed E-state index contributed by atoms with van der Waals surface area (Å²) in [6.45, 7) is 8.33. The van der Waals surface area contributed by atoms with Crippen molar-refractivity contribution < 1.29 is 0 Å². The van der Waals surface area contributed by atoms with E-state index in [9.17, 15) is 0 Å². The summed E-state index contributed by atoms with van der Waals surface area (Å²) in [5.41, 5.74) is 2.92. The molecule has 2 rings (SSSR count). The van der Waals surface area contributed by atoms with Crippen LogP contribution in [0.15, 0.2) is 16.7 Å². The summed E-state index contributed by atoms with van der Waals surface area (Å²) in [5, 5.41) is 7.62. The van der Waals surface area contributed by atoms with Crippen LogP contribution < -0.4 is 10.6 Å². The van der Waals surface area contributed by atoms with Crippen molar-refractivity contribution in [2.75, 3.05) is 6.54 Å². The average Bonchev–Trinajstić information content (AvgIpc) is 3.02. The number of thiazole rings is 2. The highest BCUT2D eigenvalue weighted by Gasteiger charge is 2.03. The van der Waals surface area contributed by atoms with Crippen LogP contribution in [-0.2, 0) is 13.1 Å². The Kier molecular flexibility index (Phi) is 8.12. The zero-order valence-electron chi connectivity index (χ0n) is 12.3. The second kappa shape index (κ2) is 9.31. The van der Waals surface area contributed by atoms with Gasteiger partial charge >= 0.3 is 0 Å². The summed E-state index contributed by atoms with van der Waals surface area (Å²) < 4.78 is 0. The molecule has 0 aliphatic rings. The maximum atomic E-state index is 4.58. The van der Waals surface area contributed by atoms with Gasteiger partial charge in [0.25, 0.3) is 0 Å². The third-order valence-electron chi connectivity index (χ3n) is 2.65. The Morgan fingerprint density at radius 3 is 2.67 bits per heavy atom. The Hall–Kier alpha value is -0.740. The van der Waals surface area contributed by atoms with Crippen molar-refractivity contribution in [2.45, 2.75) is 33.9 Å². The van der Waals surface area contributed by atoms with Gasteiger partial charge in [0.15, 0.2) is 5.96 Å². The molecule has 2 N–H and O–H groups in total. The molecule has 21 heavy (non-hydrogen) atoms. The number of nitrogens with zero attached hydrogens (tertiary/aromatic N) is 3. The van der Waals surface area contributed by atoms with Gasteiger partial charge < -0.3 is 10.6 Å². The molecule has 0 radical (unpaired) electrons. The normalized spacial score (nSPS) is 11.1. The number of hydrogen-bond acceptors (Lipinski definition) is 5. The molecular weight excluding hydrogens is 417 g/mol. The quantitative estimate of drug-likeness (QED) is 0.429. The molecular formula is C13H20IN5S2. The van der Waals surface area contributed by atoms with Crippen molar-refractivity contribution in [3.8, 4) is 0 Å². The van der Waals surface area contributed by atoms with Crippen LogP contribution in [0.4, 0.5) is 0 Å². The molecule has 5 nitrogen and oxygen atoms in total. The molecule has 0 fully saturated rings. The maximum absolute atomic E-state index is 4.58. The van der Waals surface area contributed by atoms with Gasteiger partial charge in [0.2, 0.25) is 0 Å². The van der Waals surface area contributed by atoms with Gasteiger partial charge in [-0.15, -0.1) is 46.7 Å². The van der Waals surface area contributed by atoms with Crippen LogP contribution in [0.3, 0.4) is 0 Å². The topological polar surface area (TPSA) is 62.2 Å². The Morgan fingerprint density at radius 1 is 1.29 bits per heavy atom. The van der Waals surface area contributed by atoms with Crippen molar-refractivity contribution in [3.05, 3.63) is 32.2 Å². The van der Waals surface area contributed by atoms with Crippen LogP contribution in [0, 0.1) is 13.8 Å². The minimum atomic E-state index is 0. The molecule has 8 heteroatoms. The van der Waals surface area contributed by atoms with Crippen molar-refractivity contribution in [3.63, 3.8) is 0 Å². The molecule has 116 valence electrons. The van der Waals surface area contributed by atoms with Crippen LogP contribution in [0.2, 0.25) is 0 Å². The van der Waals surface area contributed by atoms with Crippen molar-refractivity contribution >= 4 is 52.6 Å². The second-order valence-electron chi connectivity index (χ2n) is 4.27. The largest absolute Gasteiger partial charge is 0.357 e. The highest BCUT2D eigenvalue weighted by atomic mass is 127. The number of halogens is 1. The smallest absolute Gasteiger partial charge is 0.191 e. The van der Waals surface area contributed by atoms with E-state index in [2.05, 4.69) is 39.4 Å². The molecule has 0 aromatic carbocycles. The van der Waals surface area contributed by atoms with Gasteiger partial charge in [-0.3, -0.25) is 0 Å². The standard InChI is InChI=1S/C13H19N5S2.HI/c1-4-14-13(16-6-11-10(3)18-8-19-11)17-7-12-15-5-9(2)20-12;/h5,8H,4,6-7H2,1-3H3,(H2,14,16,17);1H. The fraction of sp³-hybridized carbons (Fsp3) is 0.462. The zero-order chi connectivity index (χ0) is 14.4. The van der Waals surface area contributed by atoms with Crippen LogP contribution in [0.5, 0.6) is 0 Å². The second-order valence-corrected chi connectivity index (χ2v) is 6.53. The lowest BCUT2D eigenvalue weighted by Crippen LogP contribution is -2.36. The van der Waals surface area contributed by atoms with E-state index in [1.165, 1.54) is 9.75 Å². The molecule has 0 spiro atoms. The number of aryl methyl sites for hydroxylation is 2. The Balaban J connectivity index is 0.00000220. The summed E-state index contributed by atoms with van der Waals surface area (Å²) in [7, 11) is 0. The average molecular weight is 437 g/mol. The minimum absolute atomic E-state index is 0. The van der Waals surface area contributed by atoms with E-state index >= 15 is 0 Å². The van der Waals surface area contributed by atoms with E-state index in [4.69, 9.17) is 0 Å². The minimum Gasteiger partial charge on any atom is -0.357 e. The van der Waals surface area contributed by atoms with Crippen molar-refractivity contribution in [1.29, 1.82) is 0 Å². The number of hydrogen-bond donors (Lipinski definition) is 2. The number of aromatic nitrogens is 2. The number of guanidine groups is 1. The molecule has 0 bridgehead atoms. The summed E-state index contributed by atoms with van der Waals surface area (Å²) in [6, 6.07) is 0. The van der Waals surface area contributed by atoms with Crippen molar-refractivity contribution in [1.82, 2.24) is 20.6 Å². The monoisotopic (exact) mass is 437 g/mol. The van der Waals surface area contributed by atoms with E-state index in [1.54, 1.807) is 22.7 Å². The predicted molar refractivity (Wildman–Crippen MR) is 101 cm³/mol. The highest BCUT2D eigenvalue weighted by Crippen LogP contribution is 2.13. The molecule has 0 unspecified atom stereocenters. The van der Waals surface area contributed by atoms with Crippen LogP contribution in [0.1, 0.15) is 27.4 Å². The Morgan fingerprint density at radius 2 is 2.10 bits per heavy atom. The van der Waals surface area contributed by atoms with Gasteiger partial charge in [-0.2, -0.15) is 0 Å². The van der Waals surface area contributed by atoms with E-state index in [1.807, 2.05) is 18.6 Å². The van der Waals surface area contributed by atoms with Gasteiger partial charge in [-0.05, 0) is 20.8 Å². The third-order valence-corrected chi connectivity index (χ3v) is 4.48. The van der Waals surface area contributed by atoms with E-state index < -0.39 is 0 Å². The number of nitrogens with one attached hydrogen (secondary N) is 2. The van der Waals surface area contributed by atoms with Crippen molar-refractivity contribution in [2.24, 2.45) is 4.99 Å². The van der Waals surface area contributed by atoms with Gasteiger partial charge in [0, 0.05) is 22.5 Å². The molecule has 2 heterocycles. The van der Waals surface area contributed by atoms with E-state index in [0.29, 0.717) is 13.1 Å². The number of rotatable bonds is 5. The number of aliphatic imine (C=N–C) groups is 1. The molecule has 0 aliphatic heterocycles. The Labute approximate surface area is 150 Å². The molecule has 2 aromatic heterocycles. The van der Waals surface area contributed by atoms with Gasteiger partial charge in [0.1, 0.15) is 5.01 Å². The fourth-order valence-electron chi connectivity index (χ4n) is 1.61. The van der Waals surface area contributed by atoms with E-state index in [-0.39, 0.29) is 24.0 Å². The highest BCUT2D eigenvalue weighted by molar-refractivity contribution is 14.0. The predicted octanol–water partition coefficient (Wildman–Crippen LogP) is 3.09. The summed E-state index contributed by atoms with van der Waals surface area (Å²) in [4.78, 5) is 15.6. The molecule has 0 atom stereocenters. The lowest BCUT2D eigenvalue weighted by molar-refractivity contribution is 0.812. The lowest BCUT2D eigenvalue weighted by Gasteiger charge is -2.09. The summed E-state index contributed by atoms with van der Waals surface area (Å²) in [6.07, 6.45) is 1.90. The van der Waals surface area contributed by atoms with Crippen LogP contribution in [0.25, 0.3) is 0 Å². The first-order chi connectivity index (χ1) is 9.69. The first-order valence-corrected chi connectivity index (χ1v) is 8.21. The summed E-state index contributed by atoms with van der Waals surface area (Å²) >= 11 is 3.35. The first-order valence-electron chi connectivity index (χ1n) is 6.51. The SMILES string of the molecule is CCNC(=NCc1scnc1C)NCc1ncc(C)s1.I. The molecule has 0 amide bonds. The van der Waals surface area contributed by atoms with Crippen LogP contribution in [-0.4, -0.2) is 22.5 Å². The first kappa shape index (κ1) is 18.3. The fourth-order valence-corrected chi connectivity index (χ4v) is 3.04. The zero-order valence-corrected chi connectivity index (χ0v) is 16.3. The van der Waals surface area contributed by atoms with Gasteiger partial charge in [0.05, 0.1) is 24.3 Å². The van der Waals surface area contributed by atoms with Gasteiger partial charge in [-0.1, -0.05) is 0 Å². The lowest BCUT2D eigenvalue weighted by atomic mass is 10.4. The Bertz CT molecular complexity index is 579. The van der Waals surface area contributed by atoms with Crippen LogP contribution >= 0.6 is 46.7 Å². The van der Waals surface area contributed by atoms with E-state index in [0.717, 1.165) is 23.2 Å². The molecule has 0 aliphatic carbocycles. The summed E-state index contributed by atoms with van der Waals surface area (Å²) in [5.74, 6) is 0.813. The molecule has 0 saturated heterocycles. The van der Waals surface area contributed by atoms with Gasteiger partial charge in [-0.25, -0.2) is 15.0 Å². The third kappa shape index (κ3) is 5.87. The maximum Gasteiger partial charge on any atom is 0.191 e. The molecule has 0 saturated carbocycles. The molecule has 2 aromatic rings.